The molecule has 1 heterocycles. The van der Waals surface area contributed by atoms with E-state index in [1.165, 1.54) is 24.3 Å². The molecular weight excluding hydrogens is 504 g/mol. The average Bonchev–Trinajstić information content (AvgIpc) is 2.75. The summed E-state index contributed by atoms with van der Waals surface area (Å²) in [5.74, 6) is -2.43. The van der Waals surface area contributed by atoms with E-state index >= 15 is 0 Å². The van der Waals surface area contributed by atoms with E-state index < -0.39 is 58.2 Å². The number of amides is 2. The molecule has 1 aliphatic rings. The van der Waals surface area contributed by atoms with Crippen LogP contribution in [0.15, 0.2) is 42.5 Å². The van der Waals surface area contributed by atoms with Crippen LogP contribution in [0.3, 0.4) is 0 Å². The van der Waals surface area contributed by atoms with Gasteiger partial charge in [-0.3, -0.25) is 9.59 Å². The molecule has 2 unspecified atom stereocenters. The second kappa shape index (κ2) is 9.86. The van der Waals surface area contributed by atoms with Gasteiger partial charge in [0.1, 0.15) is 17.9 Å². The molecule has 3 N–H and O–H groups in total. The summed E-state index contributed by atoms with van der Waals surface area (Å²) in [4.78, 5) is 25.3. The standard InChI is InChI=1S/C20H19ClF4N4O4S/c1-29-17(19(31)27-12-6-7-15(22)14(21)8-12)9-16(28-34(29,32)33)18(30)26-10-11-4-2-3-5-13(11)20(23,24)25/h2-8,16-17,28H,9-10H2,1H3,(H,26,30)(H,27,31). The SMILES string of the molecule is CN1C(C(=O)Nc2ccc(F)c(Cl)c2)CC(C(=O)NCc2ccccc2C(F)(F)F)NS1(=O)=O. The quantitative estimate of drug-likeness (QED) is 0.525. The number of hydrogen-bond donors (Lipinski definition) is 3. The minimum atomic E-state index is -4.64. The number of anilines is 1. The van der Waals surface area contributed by atoms with Crippen LogP contribution in [0.4, 0.5) is 23.2 Å². The van der Waals surface area contributed by atoms with Crippen LogP contribution in [-0.2, 0) is 32.5 Å². The first kappa shape index (κ1) is 25.9. The fourth-order valence-corrected chi connectivity index (χ4v) is 4.77. The Balaban J connectivity index is 1.73. The van der Waals surface area contributed by atoms with Crippen molar-refractivity contribution in [3.8, 4) is 0 Å². The van der Waals surface area contributed by atoms with Gasteiger partial charge in [0.2, 0.25) is 11.8 Å². The largest absolute Gasteiger partial charge is 0.416 e. The first-order valence-corrected chi connectivity index (χ1v) is 11.6. The highest BCUT2D eigenvalue weighted by atomic mass is 35.5. The minimum Gasteiger partial charge on any atom is -0.351 e. The third-order valence-electron chi connectivity index (χ3n) is 5.15. The molecule has 0 bridgehead atoms. The third-order valence-corrected chi connectivity index (χ3v) is 7.04. The molecule has 0 saturated carbocycles. The van der Waals surface area contributed by atoms with Crippen LogP contribution in [-0.4, -0.2) is 43.7 Å². The summed E-state index contributed by atoms with van der Waals surface area (Å²) < 4.78 is 80.5. The van der Waals surface area contributed by atoms with Crippen LogP contribution in [0, 0.1) is 5.82 Å². The molecule has 34 heavy (non-hydrogen) atoms. The van der Waals surface area contributed by atoms with Gasteiger partial charge in [0, 0.05) is 19.3 Å². The highest BCUT2D eigenvalue weighted by Gasteiger charge is 2.43. The van der Waals surface area contributed by atoms with Crippen molar-refractivity contribution in [3.05, 3.63) is 64.4 Å². The van der Waals surface area contributed by atoms with Crippen LogP contribution < -0.4 is 15.4 Å². The van der Waals surface area contributed by atoms with Crippen LogP contribution in [0.25, 0.3) is 0 Å². The molecule has 184 valence electrons. The Hall–Kier alpha value is -2.74. The zero-order valence-electron chi connectivity index (χ0n) is 17.5. The number of rotatable bonds is 5. The summed E-state index contributed by atoms with van der Waals surface area (Å²) in [6.07, 6.45) is -4.95. The summed E-state index contributed by atoms with van der Waals surface area (Å²) in [7, 11) is -3.15. The van der Waals surface area contributed by atoms with Crippen molar-refractivity contribution < 1.29 is 35.6 Å². The van der Waals surface area contributed by atoms with Crippen molar-refractivity contribution in [2.75, 3.05) is 12.4 Å². The van der Waals surface area contributed by atoms with E-state index in [1.54, 1.807) is 0 Å². The van der Waals surface area contributed by atoms with Gasteiger partial charge in [-0.15, -0.1) is 0 Å². The number of nitrogens with zero attached hydrogens (tertiary/aromatic N) is 1. The molecule has 8 nitrogen and oxygen atoms in total. The Morgan fingerprint density at radius 2 is 1.85 bits per heavy atom. The summed E-state index contributed by atoms with van der Waals surface area (Å²) in [6.45, 7) is -0.506. The minimum absolute atomic E-state index is 0.102. The third kappa shape index (κ3) is 5.84. The van der Waals surface area contributed by atoms with Gasteiger partial charge in [-0.05, 0) is 36.2 Å². The second-order valence-electron chi connectivity index (χ2n) is 7.43. The lowest BCUT2D eigenvalue weighted by atomic mass is 10.0. The van der Waals surface area contributed by atoms with Crippen molar-refractivity contribution in [1.82, 2.24) is 14.3 Å². The molecule has 0 aromatic heterocycles. The molecule has 0 radical (unpaired) electrons. The summed E-state index contributed by atoms with van der Waals surface area (Å²) >= 11 is 5.68. The van der Waals surface area contributed by atoms with Crippen molar-refractivity contribution in [1.29, 1.82) is 0 Å². The second-order valence-corrected chi connectivity index (χ2v) is 9.60. The van der Waals surface area contributed by atoms with Crippen LogP contribution in [0.2, 0.25) is 5.02 Å². The average molecular weight is 523 g/mol. The fraction of sp³-hybridized carbons (Fsp3) is 0.300. The van der Waals surface area contributed by atoms with Crippen LogP contribution in [0.5, 0.6) is 0 Å². The normalized spacial score (nSPS) is 20.5. The Labute approximate surface area is 197 Å². The van der Waals surface area contributed by atoms with Gasteiger partial charge in [-0.2, -0.15) is 30.6 Å². The fourth-order valence-electron chi connectivity index (χ4n) is 3.34. The zero-order valence-corrected chi connectivity index (χ0v) is 19.1. The van der Waals surface area contributed by atoms with E-state index in [-0.39, 0.29) is 22.7 Å². The molecular formula is C20H19ClF4N4O4S. The summed E-state index contributed by atoms with van der Waals surface area (Å²) in [5, 5.41) is 4.43. The number of carbonyl (C=O) groups is 2. The molecule has 1 saturated heterocycles. The molecule has 0 aliphatic carbocycles. The lowest BCUT2D eigenvalue weighted by Crippen LogP contribution is -2.62. The highest BCUT2D eigenvalue weighted by Crippen LogP contribution is 2.31. The molecule has 2 amide bonds. The van der Waals surface area contributed by atoms with Crippen LogP contribution >= 0.6 is 11.6 Å². The topological polar surface area (TPSA) is 108 Å². The van der Waals surface area contributed by atoms with Gasteiger partial charge in [0.25, 0.3) is 10.2 Å². The number of carbonyl (C=O) groups excluding carboxylic acids is 2. The van der Waals surface area contributed by atoms with Gasteiger partial charge < -0.3 is 10.6 Å². The predicted molar refractivity (Wildman–Crippen MR) is 115 cm³/mol. The van der Waals surface area contributed by atoms with Crippen molar-refractivity contribution in [2.45, 2.75) is 31.2 Å². The van der Waals surface area contributed by atoms with E-state index in [9.17, 15) is 35.6 Å². The molecule has 3 rings (SSSR count). The molecule has 2 atom stereocenters. The van der Waals surface area contributed by atoms with Gasteiger partial charge >= 0.3 is 6.18 Å². The molecule has 2 aromatic carbocycles. The molecule has 1 aliphatic heterocycles. The Kier molecular flexibility index (Phi) is 7.50. The van der Waals surface area contributed by atoms with Crippen molar-refractivity contribution in [2.24, 2.45) is 0 Å². The molecule has 1 fully saturated rings. The Bertz CT molecular complexity index is 1210. The number of hydrogen-bond acceptors (Lipinski definition) is 4. The smallest absolute Gasteiger partial charge is 0.351 e. The van der Waals surface area contributed by atoms with Gasteiger partial charge in [-0.1, -0.05) is 29.8 Å². The molecule has 2 aromatic rings. The van der Waals surface area contributed by atoms with Gasteiger partial charge in [0.05, 0.1) is 10.6 Å². The maximum Gasteiger partial charge on any atom is 0.416 e. The summed E-state index contributed by atoms with van der Waals surface area (Å²) in [6, 6.07) is 5.22. The van der Waals surface area contributed by atoms with Gasteiger partial charge in [0.15, 0.2) is 0 Å². The lowest BCUT2D eigenvalue weighted by molar-refractivity contribution is -0.138. The van der Waals surface area contributed by atoms with Gasteiger partial charge in [-0.25, -0.2) is 4.39 Å². The highest BCUT2D eigenvalue weighted by molar-refractivity contribution is 7.87. The lowest BCUT2D eigenvalue weighted by Gasteiger charge is -2.35. The molecule has 14 heteroatoms. The van der Waals surface area contributed by atoms with Crippen molar-refractivity contribution >= 4 is 39.3 Å². The maximum atomic E-state index is 13.3. The Morgan fingerprint density at radius 3 is 2.50 bits per heavy atom. The Morgan fingerprint density at radius 1 is 1.18 bits per heavy atom. The maximum absolute atomic E-state index is 13.3. The molecule has 0 spiro atoms. The zero-order chi connectivity index (χ0) is 25.3. The van der Waals surface area contributed by atoms with E-state index in [0.717, 1.165) is 29.6 Å². The van der Waals surface area contributed by atoms with E-state index in [0.29, 0.717) is 0 Å². The number of likely N-dealkylation sites (N-methyl/N-ethyl adjacent to an activating group) is 1. The summed E-state index contributed by atoms with van der Waals surface area (Å²) in [5.41, 5.74) is -1.04. The van der Waals surface area contributed by atoms with E-state index in [2.05, 4.69) is 15.4 Å². The first-order valence-electron chi connectivity index (χ1n) is 9.73. The predicted octanol–water partition coefficient (Wildman–Crippen LogP) is 2.66. The monoisotopic (exact) mass is 522 g/mol. The number of benzene rings is 2. The number of halogens is 5. The number of nitrogens with one attached hydrogen (secondary N) is 3. The van der Waals surface area contributed by atoms with E-state index in [1.807, 2.05) is 0 Å². The number of alkyl halides is 3. The van der Waals surface area contributed by atoms with Crippen molar-refractivity contribution in [3.63, 3.8) is 0 Å². The first-order chi connectivity index (χ1) is 15.8. The van der Waals surface area contributed by atoms with E-state index in [4.69, 9.17) is 11.6 Å². The van der Waals surface area contributed by atoms with Crippen LogP contribution in [0.1, 0.15) is 17.5 Å².